The van der Waals surface area contributed by atoms with Crippen LogP contribution in [0, 0.1) is 17.1 Å². The molecule has 0 radical (unpaired) electrons. The van der Waals surface area contributed by atoms with E-state index in [0.29, 0.717) is 47.0 Å². The zero-order valence-corrected chi connectivity index (χ0v) is 19.1. The van der Waals surface area contributed by atoms with E-state index < -0.39 is 5.82 Å². The molecule has 0 aliphatic rings. The summed E-state index contributed by atoms with van der Waals surface area (Å²) in [6.45, 7) is 1.27. The number of carbonyl (C=O) groups excluding carboxylic acids is 1. The molecule has 0 spiro atoms. The molecule has 0 fully saturated rings. The number of aromatic nitrogens is 2. The molecule has 3 aromatic rings. The number of amides is 1. The van der Waals surface area contributed by atoms with Crippen LogP contribution in [0.15, 0.2) is 48.8 Å². The predicted octanol–water partition coefficient (Wildman–Crippen LogP) is 3.47. The summed E-state index contributed by atoms with van der Waals surface area (Å²) in [5.41, 5.74) is 1.39. The molecule has 0 aliphatic carbocycles. The zero-order chi connectivity index (χ0) is 24.5. The molecule has 0 saturated carbocycles. The number of methoxy groups -OCH3 is 1. The van der Waals surface area contributed by atoms with E-state index >= 15 is 0 Å². The van der Waals surface area contributed by atoms with Gasteiger partial charge in [-0.2, -0.15) is 5.26 Å². The molecule has 1 heterocycles. The summed E-state index contributed by atoms with van der Waals surface area (Å²) in [4.78, 5) is 23.0. The highest BCUT2D eigenvalue weighted by Gasteiger charge is 2.14. The van der Waals surface area contributed by atoms with Crippen LogP contribution in [0.2, 0.25) is 0 Å². The predicted molar refractivity (Wildman–Crippen MR) is 128 cm³/mol. The van der Waals surface area contributed by atoms with Crippen LogP contribution in [0.3, 0.4) is 0 Å². The lowest BCUT2D eigenvalue weighted by molar-refractivity contribution is -0.111. The average Bonchev–Trinajstić information content (AvgIpc) is 2.81. The number of anilines is 3. The monoisotopic (exact) mass is 464 g/mol. The Labute approximate surface area is 196 Å². The van der Waals surface area contributed by atoms with E-state index in [9.17, 15) is 9.18 Å². The van der Waals surface area contributed by atoms with Crippen LogP contribution in [0.25, 0.3) is 10.9 Å². The molecule has 0 bridgehead atoms. The lowest BCUT2D eigenvalue weighted by Crippen LogP contribution is -2.14. The second-order valence-corrected chi connectivity index (χ2v) is 7.51. The molecule has 1 amide bonds. The van der Waals surface area contributed by atoms with Crippen molar-refractivity contribution in [1.29, 1.82) is 5.26 Å². The number of hydrogen-bond donors (Lipinski definition) is 2. The topological polar surface area (TPSA) is 112 Å². The maximum atomic E-state index is 13.7. The van der Waals surface area contributed by atoms with Crippen LogP contribution >= 0.6 is 0 Å². The van der Waals surface area contributed by atoms with E-state index in [1.54, 1.807) is 25.3 Å². The third kappa shape index (κ3) is 6.48. The molecule has 2 N–H and O–H groups in total. The van der Waals surface area contributed by atoms with Crippen molar-refractivity contribution < 1.29 is 18.7 Å². The summed E-state index contributed by atoms with van der Waals surface area (Å²) in [5.74, 6) is -0.0770. The molecule has 0 saturated heterocycles. The number of nitrogens with one attached hydrogen (secondary N) is 2. The van der Waals surface area contributed by atoms with Crippen LogP contribution in [-0.4, -0.2) is 61.7 Å². The average molecular weight is 465 g/mol. The zero-order valence-electron chi connectivity index (χ0n) is 19.1. The van der Waals surface area contributed by atoms with Gasteiger partial charge in [-0.05, 0) is 38.4 Å². The van der Waals surface area contributed by atoms with Gasteiger partial charge < -0.3 is 25.0 Å². The van der Waals surface area contributed by atoms with Crippen LogP contribution < -0.4 is 15.4 Å². The number of rotatable bonds is 10. The molecular formula is C24H25FN6O3. The number of nitriles is 1. The van der Waals surface area contributed by atoms with Gasteiger partial charge in [0, 0.05) is 36.9 Å². The van der Waals surface area contributed by atoms with Gasteiger partial charge in [-0.3, -0.25) is 4.79 Å². The van der Waals surface area contributed by atoms with E-state index in [1.807, 2.05) is 25.1 Å². The molecule has 3 rings (SSSR count). The first-order valence-electron chi connectivity index (χ1n) is 10.4. The number of halogens is 1. The SMILES string of the molecule is COCCOc1cc2ncnc(Nc3ccc(F)c(C#N)c3)c2cc1NC(=O)C=CCN(C)C. The summed E-state index contributed by atoms with van der Waals surface area (Å²) in [5, 5.41) is 15.6. The number of carbonyl (C=O) groups is 1. The molecule has 0 aliphatic heterocycles. The second kappa shape index (κ2) is 11.7. The molecule has 34 heavy (non-hydrogen) atoms. The lowest BCUT2D eigenvalue weighted by Gasteiger charge is -2.15. The van der Waals surface area contributed by atoms with E-state index in [-0.39, 0.29) is 18.1 Å². The summed E-state index contributed by atoms with van der Waals surface area (Å²) >= 11 is 0. The number of fused-ring (bicyclic) bond motifs is 1. The normalized spacial score (nSPS) is 11.1. The third-order valence-electron chi connectivity index (χ3n) is 4.63. The van der Waals surface area contributed by atoms with Crippen molar-refractivity contribution in [2.45, 2.75) is 0 Å². The second-order valence-electron chi connectivity index (χ2n) is 7.51. The van der Waals surface area contributed by atoms with Gasteiger partial charge in [0.1, 0.15) is 36.4 Å². The van der Waals surface area contributed by atoms with Crippen LogP contribution in [0.5, 0.6) is 5.75 Å². The fraction of sp³-hybridized carbons (Fsp3) is 0.250. The van der Waals surface area contributed by atoms with E-state index in [0.717, 1.165) is 0 Å². The maximum Gasteiger partial charge on any atom is 0.248 e. The quantitative estimate of drug-likeness (QED) is 0.347. The Bertz CT molecular complexity index is 1240. The van der Waals surface area contributed by atoms with Gasteiger partial charge in [-0.1, -0.05) is 6.08 Å². The van der Waals surface area contributed by atoms with Crippen molar-refractivity contribution in [1.82, 2.24) is 14.9 Å². The Kier molecular flexibility index (Phi) is 8.45. The highest BCUT2D eigenvalue weighted by molar-refractivity contribution is 6.03. The molecule has 176 valence electrons. The van der Waals surface area contributed by atoms with Gasteiger partial charge in [0.15, 0.2) is 0 Å². The minimum atomic E-state index is -0.606. The smallest absolute Gasteiger partial charge is 0.248 e. The summed E-state index contributed by atoms with van der Waals surface area (Å²) < 4.78 is 24.5. The van der Waals surface area contributed by atoms with Crippen molar-refractivity contribution in [2.75, 3.05) is 51.6 Å². The van der Waals surface area contributed by atoms with Gasteiger partial charge >= 0.3 is 0 Å². The molecular weight excluding hydrogens is 439 g/mol. The van der Waals surface area contributed by atoms with E-state index in [2.05, 4.69) is 20.6 Å². The summed E-state index contributed by atoms with van der Waals surface area (Å²) in [7, 11) is 5.38. The van der Waals surface area contributed by atoms with E-state index in [4.69, 9.17) is 14.7 Å². The van der Waals surface area contributed by atoms with Crippen LogP contribution in [0.4, 0.5) is 21.6 Å². The molecule has 2 aromatic carbocycles. The Morgan fingerprint density at radius 2 is 2.06 bits per heavy atom. The van der Waals surface area contributed by atoms with Crippen LogP contribution in [0.1, 0.15) is 5.56 Å². The first-order chi connectivity index (χ1) is 16.4. The maximum absolute atomic E-state index is 13.7. The first-order valence-corrected chi connectivity index (χ1v) is 10.4. The summed E-state index contributed by atoms with van der Waals surface area (Å²) in [6.07, 6.45) is 4.57. The van der Waals surface area contributed by atoms with Gasteiger partial charge in [0.2, 0.25) is 5.91 Å². The fourth-order valence-electron chi connectivity index (χ4n) is 3.01. The van der Waals surface area contributed by atoms with Crippen molar-refractivity contribution in [3.8, 4) is 11.8 Å². The molecule has 1 aromatic heterocycles. The molecule has 0 atom stereocenters. The Balaban J connectivity index is 1.97. The number of benzene rings is 2. The highest BCUT2D eigenvalue weighted by Crippen LogP contribution is 2.33. The van der Waals surface area contributed by atoms with Crippen LogP contribution in [-0.2, 0) is 9.53 Å². The number of nitrogens with zero attached hydrogens (tertiary/aromatic N) is 4. The highest BCUT2D eigenvalue weighted by atomic mass is 19.1. The minimum absolute atomic E-state index is 0.0883. The van der Waals surface area contributed by atoms with Gasteiger partial charge in [0.05, 0.1) is 23.4 Å². The largest absolute Gasteiger partial charge is 0.489 e. The van der Waals surface area contributed by atoms with Crippen molar-refractivity contribution in [2.24, 2.45) is 0 Å². The Hall–Kier alpha value is -4.07. The van der Waals surface area contributed by atoms with Crippen molar-refractivity contribution in [3.63, 3.8) is 0 Å². The van der Waals surface area contributed by atoms with Crippen molar-refractivity contribution >= 4 is 34.0 Å². The van der Waals surface area contributed by atoms with E-state index in [1.165, 1.54) is 30.6 Å². The third-order valence-corrected chi connectivity index (χ3v) is 4.63. The number of ether oxygens (including phenoxy) is 2. The number of likely N-dealkylation sites (N-methyl/N-ethyl adjacent to an activating group) is 1. The minimum Gasteiger partial charge on any atom is -0.489 e. The Morgan fingerprint density at radius 1 is 1.24 bits per heavy atom. The molecule has 9 nitrogen and oxygen atoms in total. The molecule has 10 heteroatoms. The standard InChI is InChI=1S/C24H25FN6O3/c1-31(2)8-4-5-23(32)30-21-12-18-20(13-22(21)34-10-9-33-3)27-15-28-24(18)29-17-6-7-19(25)16(11-17)14-26/h4-7,11-13,15H,8-10H2,1-3H3,(H,30,32)(H,27,28,29). The lowest BCUT2D eigenvalue weighted by atomic mass is 10.1. The van der Waals surface area contributed by atoms with Gasteiger partial charge in [-0.25, -0.2) is 14.4 Å². The van der Waals surface area contributed by atoms with Gasteiger partial charge in [-0.15, -0.1) is 0 Å². The number of hydrogen-bond acceptors (Lipinski definition) is 8. The fourth-order valence-corrected chi connectivity index (χ4v) is 3.01. The van der Waals surface area contributed by atoms with Gasteiger partial charge in [0.25, 0.3) is 0 Å². The molecule has 0 unspecified atom stereocenters. The Morgan fingerprint density at radius 3 is 2.79 bits per heavy atom. The van der Waals surface area contributed by atoms with Crippen molar-refractivity contribution in [3.05, 3.63) is 60.2 Å². The first kappa shape index (κ1) is 24.6. The summed E-state index contributed by atoms with van der Waals surface area (Å²) in [6, 6.07) is 9.31.